The topological polar surface area (TPSA) is 74.3 Å². The van der Waals surface area contributed by atoms with Crippen molar-refractivity contribution in [3.63, 3.8) is 0 Å². The summed E-state index contributed by atoms with van der Waals surface area (Å²) >= 11 is 0. The summed E-state index contributed by atoms with van der Waals surface area (Å²) in [7, 11) is 1.81. The van der Waals surface area contributed by atoms with Gasteiger partial charge in [0.25, 0.3) is 5.56 Å². The van der Waals surface area contributed by atoms with Gasteiger partial charge in [-0.05, 0) is 57.0 Å². The molecule has 0 spiro atoms. The van der Waals surface area contributed by atoms with Gasteiger partial charge in [0.05, 0.1) is 0 Å². The molecule has 0 radical (unpaired) electrons. The van der Waals surface area contributed by atoms with E-state index in [9.17, 15) is 9.59 Å². The maximum absolute atomic E-state index is 12.8. The molecule has 8 nitrogen and oxygen atoms in total. The second-order valence-corrected chi connectivity index (χ2v) is 8.43. The van der Waals surface area contributed by atoms with Gasteiger partial charge in [0, 0.05) is 33.2 Å². The Labute approximate surface area is 193 Å². The number of rotatable bonds is 7. The quantitative estimate of drug-likeness (QED) is 0.552. The van der Waals surface area contributed by atoms with Crippen molar-refractivity contribution >= 4 is 23.3 Å². The number of fused-ring (bicyclic) bond motifs is 1. The Kier molecular flexibility index (Phi) is 6.83. The number of ether oxygens (including phenoxy) is 1. The van der Waals surface area contributed by atoms with E-state index in [2.05, 4.69) is 16.8 Å². The van der Waals surface area contributed by atoms with E-state index in [1.54, 1.807) is 16.1 Å². The first kappa shape index (κ1) is 23.0. The lowest BCUT2D eigenvalue weighted by molar-refractivity contribution is 0.104. The maximum atomic E-state index is 12.8. The summed E-state index contributed by atoms with van der Waals surface area (Å²) in [5.41, 5.74) is 1.26. The Balaban J connectivity index is 1.54. The summed E-state index contributed by atoms with van der Waals surface area (Å²) in [6.07, 6.45) is 6.22. The van der Waals surface area contributed by atoms with Crippen molar-refractivity contribution in [2.24, 2.45) is 7.05 Å². The zero-order valence-corrected chi connectivity index (χ0v) is 20.0. The molecule has 0 N–H and O–H groups in total. The van der Waals surface area contributed by atoms with Crippen LogP contribution in [-0.4, -0.2) is 49.3 Å². The van der Waals surface area contributed by atoms with E-state index in [1.807, 2.05) is 50.4 Å². The van der Waals surface area contributed by atoms with Crippen LogP contribution in [0.2, 0.25) is 0 Å². The standard InChI is InChI=1S/C25H33N5O3/c1-5-28-16-14-20(15-17-28)33-19-11-8-18(9-12-19)10-13-21-26-23-22(27(21)4)24(31)30(7-3)25(32)29(23)6-2/h8-13,20H,5-7,14-17H2,1-4H3/b13-10+. The molecule has 176 valence electrons. The van der Waals surface area contributed by atoms with Crippen LogP contribution in [0.1, 0.15) is 45.0 Å². The number of aromatic nitrogens is 4. The van der Waals surface area contributed by atoms with Crippen LogP contribution in [0.15, 0.2) is 33.9 Å². The molecule has 0 bridgehead atoms. The number of nitrogens with zero attached hydrogens (tertiary/aromatic N) is 5. The molecular formula is C25H33N5O3. The lowest BCUT2D eigenvalue weighted by atomic mass is 10.1. The normalized spacial score (nSPS) is 15.6. The van der Waals surface area contributed by atoms with Gasteiger partial charge >= 0.3 is 5.69 Å². The molecule has 1 aliphatic heterocycles. The van der Waals surface area contributed by atoms with E-state index in [0.717, 1.165) is 43.8 Å². The van der Waals surface area contributed by atoms with Crippen LogP contribution in [0.3, 0.4) is 0 Å². The summed E-state index contributed by atoms with van der Waals surface area (Å²) < 4.78 is 10.7. The lowest BCUT2D eigenvalue weighted by Gasteiger charge is -2.31. The highest BCUT2D eigenvalue weighted by Crippen LogP contribution is 2.20. The molecule has 3 heterocycles. The monoisotopic (exact) mass is 451 g/mol. The van der Waals surface area contributed by atoms with Gasteiger partial charge in [0.1, 0.15) is 17.7 Å². The van der Waals surface area contributed by atoms with E-state index < -0.39 is 0 Å². The third-order valence-corrected chi connectivity index (χ3v) is 6.50. The molecule has 0 atom stereocenters. The maximum Gasteiger partial charge on any atom is 0.332 e. The predicted molar refractivity (Wildman–Crippen MR) is 132 cm³/mol. The van der Waals surface area contributed by atoms with Crippen LogP contribution in [0, 0.1) is 0 Å². The molecule has 1 aliphatic rings. The zero-order valence-electron chi connectivity index (χ0n) is 20.0. The summed E-state index contributed by atoms with van der Waals surface area (Å²) in [4.78, 5) is 32.5. The van der Waals surface area contributed by atoms with Crippen LogP contribution in [0.5, 0.6) is 5.75 Å². The molecule has 4 rings (SSSR count). The first-order valence-electron chi connectivity index (χ1n) is 11.8. The predicted octanol–water partition coefficient (Wildman–Crippen LogP) is 2.97. The van der Waals surface area contributed by atoms with Crippen LogP contribution in [0.25, 0.3) is 23.3 Å². The van der Waals surface area contributed by atoms with Crippen molar-refractivity contribution < 1.29 is 4.74 Å². The number of piperidine rings is 1. The number of hydrogen-bond acceptors (Lipinski definition) is 5. The SMILES string of the molecule is CCN1CCC(Oc2ccc(/C=C/c3nc4c(c(=O)n(CC)c(=O)n4CC)n3C)cc2)CC1. The third-order valence-electron chi connectivity index (χ3n) is 6.50. The molecule has 1 fully saturated rings. The van der Waals surface area contributed by atoms with Gasteiger partial charge in [-0.1, -0.05) is 25.1 Å². The zero-order chi connectivity index (χ0) is 23.5. The van der Waals surface area contributed by atoms with Crippen molar-refractivity contribution in [3.05, 3.63) is 56.5 Å². The van der Waals surface area contributed by atoms with E-state index >= 15 is 0 Å². The molecule has 0 unspecified atom stereocenters. The molecule has 33 heavy (non-hydrogen) atoms. The molecule has 0 saturated carbocycles. The van der Waals surface area contributed by atoms with E-state index in [4.69, 9.17) is 4.74 Å². The minimum absolute atomic E-state index is 0.275. The van der Waals surface area contributed by atoms with Crippen LogP contribution in [-0.2, 0) is 20.1 Å². The van der Waals surface area contributed by atoms with Gasteiger partial charge < -0.3 is 14.2 Å². The molecule has 0 amide bonds. The molecule has 3 aromatic rings. The first-order chi connectivity index (χ1) is 16.0. The first-order valence-corrected chi connectivity index (χ1v) is 11.8. The van der Waals surface area contributed by atoms with E-state index in [0.29, 0.717) is 30.1 Å². The molecule has 8 heteroatoms. The van der Waals surface area contributed by atoms with Crippen molar-refractivity contribution in [3.8, 4) is 5.75 Å². The molecule has 1 saturated heterocycles. The second kappa shape index (κ2) is 9.79. The molecule has 1 aromatic carbocycles. The van der Waals surface area contributed by atoms with Crippen LogP contribution >= 0.6 is 0 Å². The molecular weight excluding hydrogens is 418 g/mol. The summed E-state index contributed by atoms with van der Waals surface area (Å²) in [5.74, 6) is 1.51. The van der Waals surface area contributed by atoms with Crippen LogP contribution < -0.4 is 16.0 Å². The van der Waals surface area contributed by atoms with E-state index in [-0.39, 0.29) is 17.4 Å². The average molecular weight is 452 g/mol. The van der Waals surface area contributed by atoms with Gasteiger partial charge in [-0.25, -0.2) is 9.78 Å². The second-order valence-electron chi connectivity index (χ2n) is 8.43. The largest absolute Gasteiger partial charge is 0.490 e. The highest BCUT2D eigenvalue weighted by Gasteiger charge is 2.19. The van der Waals surface area contributed by atoms with Gasteiger partial charge in [0.2, 0.25) is 0 Å². The minimum atomic E-state index is -0.318. The van der Waals surface area contributed by atoms with Crippen LogP contribution in [0.4, 0.5) is 0 Å². The summed E-state index contributed by atoms with van der Waals surface area (Å²) in [6, 6.07) is 8.02. The summed E-state index contributed by atoms with van der Waals surface area (Å²) in [5, 5.41) is 0. The summed E-state index contributed by atoms with van der Waals surface area (Å²) in [6.45, 7) is 9.95. The van der Waals surface area contributed by atoms with Gasteiger partial charge in [-0.15, -0.1) is 0 Å². The number of aryl methyl sites for hydroxylation is 2. The Morgan fingerprint density at radius 1 is 0.970 bits per heavy atom. The highest BCUT2D eigenvalue weighted by atomic mass is 16.5. The number of likely N-dealkylation sites (tertiary alicyclic amines) is 1. The Morgan fingerprint density at radius 3 is 2.24 bits per heavy atom. The molecule has 0 aliphatic carbocycles. The Bertz CT molecular complexity index is 1260. The Morgan fingerprint density at radius 2 is 1.64 bits per heavy atom. The van der Waals surface area contributed by atoms with Crippen molar-refractivity contribution in [2.75, 3.05) is 19.6 Å². The number of imidazole rings is 1. The molecule has 2 aromatic heterocycles. The van der Waals surface area contributed by atoms with Gasteiger partial charge in [0.15, 0.2) is 11.2 Å². The fourth-order valence-corrected chi connectivity index (χ4v) is 4.46. The van der Waals surface area contributed by atoms with Crippen molar-refractivity contribution in [1.82, 2.24) is 23.6 Å². The fourth-order valence-electron chi connectivity index (χ4n) is 4.46. The van der Waals surface area contributed by atoms with Gasteiger partial charge in [-0.3, -0.25) is 13.9 Å². The van der Waals surface area contributed by atoms with Crippen molar-refractivity contribution in [1.29, 1.82) is 0 Å². The smallest absolute Gasteiger partial charge is 0.332 e. The fraction of sp³-hybridized carbons (Fsp3) is 0.480. The van der Waals surface area contributed by atoms with E-state index in [1.165, 1.54) is 4.57 Å². The van der Waals surface area contributed by atoms with Gasteiger partial charge in [-0.2, -0.15) is 0 Å². The average Bonchev–Trinajstić information content (AvgIpc) is 3.16. The van der Waals surface area contributed by atoms with Crippen molar-refractivity contribution in [2.45, 2.75) is 52.8 Å². The third kappa shape index (κ3) is 4.53. The lowest BCUT2D eigenvalue weighted by Crippen LogP contribution is -2.39. The number of benzene rings is 1. The Hall–Kier alpha value is -3.13. The number of hydrogen-bond donors (Lipinski definition) is 0. The minimum Gasteiger partial charge on any atom is -0.490 e. The highest BCUT2D eigenvalue weighted by molar-refractivity contribution is 5.76.